The van der Waals surface area contributed by atoms with Gasteiger partial charge in [0.2, 0.25) is 16.8 Å². The molecule has 0 spiro atoms. The fourth-order valence-corrected chi connectivity index (χ4v) is 4.27. The Morgan fingerprint density at radius 1 is 1.24 bits per heavy atom. The van der Waals surface area contributed by atoms with Crippen LogP contribution >= 0.6 is 22.9 Å². The van der Waals surface area contributed by atoms with Crippen LogP contribution in [0.2, 0.25) is 5.22 Å². The number of halogens is 5. The standard InChI is InChI=1S/C20H13ClF4N4O4S/c1-28-16(31)14-9(15(21)33-17(14)29(2)19(28)32)6-13(30)27-18-26-12(7-34-18)8-3-4-10(11(22)5-8)20(23,24)25/h3-5,7H,6H2,1-2H3,(H,26,27,30). The molecule has 0 bridgehead atoms. The number of aromatic nitrogens is 3. The number of hydrogen-bond donors (Lipinski definition) is 1. The molecule has 0 aliphatic heterocycles. The maximum Gasteiger partial charge on any atom is 0.419 e. The fourth-order valence-electron chi connectivity index (χ4n) is 3.30. The van der Waals surface area contributed by atoms with E-state index >= 15 is 0 Å². The molecule has 1 amide bonds. The maximum absolute atomic E-state index is 13.9. The third-order valence-electron chi connectivity index (χ3n) is 4.99. The normalized spacial score (nSPS) is 11.9. The van der Waals surface area contributed by atoms with Crippen LogP contribution in [0.25, 0.3) is 22.4 Å². The van der Waals surface area contributed by atoms with Crippen molar-refractivity contribution < 1.29 is 26.8 Å². The van der Waals surface area contributed by atoms with E-state index in [1.807, 2.05) is 0 Å². The molecule has 3 heterocycles. The first-order valence-corrected chi connectivity index (χ1v) is 10.6. The molecular weight excluding hydrogens is 504 g/mol. The summed E-state index contributed by atoms with van der Waals surface area (Å²) in [5.41, 5.74) is -2.47. The first-order valence-electron chi connectivity index (χ1n) is 9.38. The van der Waals surface area contributed by atoms with Crippen molar-refractivity contribution >= 4 is 45.1 Å². The minimum atomic E-state index is -4.82. The third kappa shape index (κ3) is 4.12. The molecule has 0 fully saturated rings. The maximum atomic E-state index is 13.9. The van der Waals surface area contributed by atoms with E-state index in [0.29, 0.717) is 12.1 Å². The number of benzene rings is 1. The van der Waals surface area contributed by atoms with Crippen LogP contribution in [0.3, 0.4) is 0 Å². The van der Waals surface area contributed by atoms with Crippen LogP contribution in [0.4, 0.5) is 22.7 Å². The topological polar surface area (TPSA) is 99.1 Å². The molecule has 4 rings (SSSR count). The minimum absolute atomic E-state index is 0.0233. The van der Waals surface area contributed by atoms with Gasteiger partial charge < -0.3 is 9.73 Å². The van der Waals surface area contributed by atoms with Crippen molar-refractivity contribution in [3.63, 3.8) is 0 Å². The fraction of sp³-hybridized carbons (Fsp3) is 0.200. The largest absolute Gasteiger partial charge is 0.427 e. The zero-order chi connectivity index (χ0) is 24.9. The second-order valence-corrected chi connectivity index (χ2v) is 8.40. The van der Waals surface area contributed by atoms with Crippen LogP contribution in [-0.4, -0.2) is 20.0 Å². The Morgan fingerprint density at radius 2 is 1.94 bits per heavy atom. The van der Waals surface area contributed by atoms with Gasteiger partial charge in [0.25, 0.3) is 5.56 Å². The summed E-state index contributed by atoms with van der Waals surface area (Å²) in [6.45, 7) is 0. The van der Waals surface area contributed by atoms with E-state index in [1.165, 1.54) is 19.5 Å². The van der Waals surface area contributed by atoms with Gasteiger partial charge in [-0.05, 0) is 23.7 Å². The van der Waals surface area contributed by atoms with Gasteiger partial charge in [-0.2, -0.15) is 13.2 Å². The van der Waals surface area contributed by atoms with Gasteiger partial charge in [0.1, 0.15) is 11.2 Å². The predicted molar refractivity (Wildman–Crippen MR) is 117 cm³/mol. The number of nitrogens with zero attached hydrogens (tertiary/aromatic N) is 3. The van der Waals surface area contributed by atoms with Gasteiger partial charge in [-0.15, -0.1) is 11.3 Å². The first-order chi connectivity index (χ1) is 15.9. The lowest BCUT2D eigenvalue weighted by Gasteiger charge is -2.08. The number of anilines is 1. The van der Waals surface area contributed by atoms with Crippen molar-refractivity contribution in [2.24, 2.45) is 14.1 Å². The molecule has 178 valence electrons. The van der Waals surface area contributed by atoms with Crippen molar-refractivity contribution in [2.45, 2.75) is 12.6 Å². The molecule has 0 aliphatic carbocycles. The summed E-state index contributed by atoms with van der Waals surface area (Å²) in [6, 6.07) is 2.40. The minimum Gasteiger partial charge on any atom is -0.427 e. The molecular formula is C20H13ClF4N4O4S. The van der Waals surface area contributed by atoms with Crippen LogP contribution in [0.15, 0.2) is 37.6 Å². The van der Waals surface area contributed by atoms with Crippen LogP contribution < -0.4 is 16.6 Å². The number of hydrogen-bond acceptors (Lipinski definition) is 6. The SMILES string of the molecule is Cn1c(=O)c2c(CC(=O)Nc3nc(-c4ccc(C(F)(F)F)c(F)c4)cs3)c(Cl)oc2n(C)c1=O. The number of rotatable bonds is 4. The Hall–Kier alpha value is -3.45. The summed E-state index contributed by atoms with van der Waals surface area (Å²) in [7, 11) is 2.66. The van der Waals surface area contributed by atoms with Gasteiger partial charge >= 0.3 is 11.9 Å². The molecule has 1 aromatic carbocycles. The monoisotopic (exact) mass is 516 g/mol. The molecule has 0 aliphatic rings. The Morgan fingerprint density at radius 3 is 2.59 bits per heavy atom. The molecule has 3 aromatic heterocycles. The van der Waals surface area contributed by atoms with Crippen LogP contribution in [0.5, 0.6) is 0 Å². The average molecular weight is 517 g/mol. The number of nitrogens with one attached hydrogen (secondary N) is 1. The highest BCUT2D eigenvalue weighted by molar-refractivity contribution is 7.14. The summed E-state index contributed by atoms with van der Waals surface area (Å²) in [5, 5.41) is 3.75. The highest BCUT2D eigenvalue weighted by Crippen LogP contribution is 2.34. The highest BCUT2D eigenvalue weighted by Gasteiger charge is 2.34. The van der Waals surface area contributed by atoms with Crippen molar-refractivity contribution in [1.29, 1.82) is 0 Å². The summed E-state index contributed by atoms with van der Waals surface area (Å²) in [4.78, 5) is 41.3. The molecule has 34 heavy (non-hydrogen) atoms. The van der Waals surface area contributed by atoms with Crippen molar-refractivity contribution in [1.82, 2.24) is 14.1 Å². The van der Waals surface area contributed by atoms with E-state index in [-0.39, 0.29) is 44.7 Å². The zero-order valence-corrected chi connectivity index (χ0v) is 18.9. The third-order valence-corrected chi connectivity index (χ3v) is 6.06. The number of alkyl halides is 3. The smallest absolute Gasteiger partial charge is 0.419 e. The number of amides is 1. The van der Waals surface area contributed by atoms with E-state index in [2.05, 4.69) is 10.3 Å². The molecule has 1 N–H and O–H groups in total. The molecule has 0 saturated carbocycles. The van der Waals surface area contributed by atoms with Crippen molar-refractivity contribution in [3.05, 3.63) is 66.6 Å². The lowest BCUT2D eigenvalue weighted by Crippen LogP contribution is -2.36. The zero-order valence-electron chi connectivity index (χ0n) is 17.3. The Bertz CT molecular complexity index is 1570. The number of aryl methyl sites for hydroxylation is 1. The van der Waals surface area contributed by atoms with Gasteiger partial charge in [0, 0.05) is 30.6 Å². The number of furan rings is 1. The van der Waals surface area contributed by atoms with E-state index in [0.717, 1.165) is 26.5 Å². The van der Waals surface area contributed by atoms with E-state index in [1.54, 1.807) is 0 Å². The summed E-state index contributed by atoms with van der Waals surface area (Å²) in [6.07, 6.45) is -5.21. The van der Waals surface area contributed by atoms with Gasteiger partial charge in [0.05, 0.1) is 17.7 Å². The van der Waals surface area contributed by atoms with Gasteiger partial charge in [-0.25, -0.2) is 14.2 Å². The lowest BCUT2D eigenvalue weighted by molar-refractivity contribution is -0.140. The summed E-state index contributed by atoms with van der Waals surface area (Å²) in [5.74, 6) is -2.07. The van der Waals surface area contributed by atoms with Gasteiger partial charge in [-0.1, -0.05) is 6.07 Å². The molecule has 0 unspecified atom stereocenters. The number of thiazole rings is 1. The number of carbonyl (C=O) groups excluding carboxylic acids is 1. The van der Waals surface area contributed by atoms with Crippen molar-refractivity contribution in [3.8, 4) is 11.3 Å². The van der Waals surface area contributed by atoms with Gasteiger partial charge in [-0.3, -0.25) is 18.7 Å². The second kappa shape index (κ2) is 8.40. The average Bonchev–Trinajstić information content (AvgIpc) is 3.34. The van der Waals surface area contributed by atoms with Crippen LogP contribution in [-0.2, 0) is 31.5 Å². The van der Waals surface area contributed by atoms with E-state index in [4.69, 9.17) is 16.0 Å². The van der Waals surface area contributed by atoms with E-state index < -0.39 is 34.7 Å². The summed E-state index contributed by atoms with van der Waals surface area (Å²) < 4.78 is 59.3. The molecule has 14 heteroatoms. The Labute approximate surface area is 196 Å². The number of carbonyl (C=O) groups is 1. The molecule has 4 aromatic rings. The quantitative estimate of drug-likeness (QED) is 0.414. The Balaban J connectivity index is 1.58. The number of fused-ring (bicyclic) bond motifs is 1. The summed E-state index contributed by atoms with van der Waals surface area (Å²) >= 11 is 7.03. The Kier molecular flexibility index (Phi) is 5.85. The lowest BCUT2D eigenvalue weighted by atomic mass is 10.1. The second-order valence-electron chi connectivity index (χ2n) is 7.20. The highest BCUT2D eigenvalue weighted by atomic mass is 35.5. The molecule has 0 radical (unpaired) electrons. The van der Waals surface area contributed by atoms with Crippen LogP contribution in [0.1, 0.15) is 11.1 Å². The molecule has 0 atom stereocenters. The first kappa shape index (κ1) is 23.7. The molecule has 8 nitrogen and oxygen atoms in total. The molecule has 0 saturated heterocycles. The van der Waals surface area contributed by atoms with Gasteiger partial charge in [0.15, 0.2) is 5.13 Å². The van der Waals surface area contributed by atoms with E-state index in [9.17, 15) is 31.9 Å². The predicted octanol–water partition coefficient (Wildman–Crippen LogP) is 3.95. The van der Waals surface area contributed by atoms with Crippen LogP contribution in [0, 0.1) is 5.82 Å². The van der Waals surface area contributed by atoms with Crippen molar-refractivity contribution in [2.75, 3.05) is 5.32 Å².